The summed E-state index contributed by atoms with van der Waals surface area (Å²) in [4.78, 5) is 16.6. The molecule has 7 heteroatoms. The zero-order valence-electron chi connectivity index (χ0n) is 17.1. The molecule has 0 aliphatic carbocycles. The third-order valence-electron chi connectivity index (χ3n) is 5.33. The van der Waals surface area contributed by atoms with Crippen LogP contribution in [0.3, 0.4) is 0 Å². The van der Waals surface area contributed by atoms with Crippen molar-refractivity contribution in [2.75, 3.05) is 36.4 Å². The van der Waals surface area contributed by atoms with Gasteiger partial charge < -0.3 is 15.1 Å². The zero-order chi connectivity index (χ0) is 21.1. The number of benzene rings is 2. The first-order chi connectivity index (χ1) is 14.5. The quantitative estimate of drug-likeness (QED) is 0.661. The average molecular weight is 422 g/mol. The van der Waals surface area contributed by atoms with E-state index in [9.17, 15) is 4.79 Å². The van der Waals surface area contributed by atoms with Crippen molar-refractivity contribution in [1.82, 2.24) is 15.1 Å². The lowest BCUT2D eigenvalue weighted by Gasteiger charge is -2.35. The summed E-state index contributed by atoms with van der Waals surface area (Å²) in [6, 6.07) is 17.5. The van der Waals surface area contributed by atoms with Gasteiger partial charge >= 0.3 is 6.03 Å². The molecule has 0 spiro atoms. The van der Waals surface area contributed by atoms with E-state index in [1.54, 1.807) is 0 Å². The molecule has 2 aromatic carbocycles. The number of nitrogens with one attached hydrogen (secondary N) is 1. The topological polar surface area (TPSA) is 61.4 Å². The molecular weight excluding hydrogens is 398 g/mol. The van der Waals surface area contributed by atoms with E-state index in [4.69, 9.17) is 11.6 Å². The van der Waals surface area contributed by atoms with Gasteiger partial charge in [0.1, 0.15) is 0 Å². The van der Waals surface area contributed by atoms with Gasteiger partial charge in [-0.05, 0) is 49.2 Å². The molecule has 3 aromatic rings. The Balaban J connectivity index is 1.37. The standard InChI is InChI=1S/C23H24ClN5O/c1-16-7-8-17(2)21(15-16)25-23(30)29-13-11-28(12-14-29)22-10-9-20(26-27-22)18-5-3-4-6-19(18)24/h3-10,15H,11-14H2,1-2H3,(H,25,30). The molecule has 1 aliphatic heterocycles. The first-order valence-electron chi connectivity index (χ1n) is 9.98. The smallest absolute Gasteiger partial charge is 0.321 e. The maximum atomic E-state index is 12.7. The lowest BCUT2D eigenvalue weighted by molar-refractivity contribution is 0.208. The summed E-state index contributed by atoms with van der Waals surface area (Å²) in [5.74, 6) is 0.806. The molecule has 1 fully saturated rings. The molecule has 1 saturated heterocycles. The number of piperazine rings is 1. The highest BCUT2D eigenvalue weighted by atomic mass is 35.5. The Labute approximate surface area is 181 Å². The number of urea groups is 1. The number of nitrogens with zero attached hydrogens (tertiary/aromatic N) is 4. The van der Waals surface area contributed by atoms with Gasteiger partial charge in [-0.25, -0.2) is 4.79 Å². The van der Waals surface area contributed by atoms with Crippen molar-refractivity contribution in [2.45, 2.75) is 13.8 Å². The second-order valence-electron chi connectivity index (χ2n) is 7.48. The minimum atomic E-state index is -0.0662. The van der Waals surface area contributed by atoms with Gasteiger partial charge in [0, 0.05) is 37.4 Å². The number of carbonyl (C=O) groups is 1. The lowest BCUT2D eigenvalue weighted by atomic mass is 10.1. The van der Waals surface area contributed by atoms with E-state index < -0.39 is 0 Å². The van der Waals surface area contributed by atoms with Crippen LogP contribution in [-0.2, 0) is 0 Å². The van der Waals surface area contributed by atoms with Gasteiger partial charge in [-0.3, -0.25) is 0 Å². The molecule has 4 rings (SSSR count). The van der Waals surface area contributed by atoms with Crippen molar-refractivity contribution >= 4 is 29.1 Å². The summed E-state index contributed by atoms with van der Waals surface area (Å²) in [5.41, 5.74) is 4.66. The fraction of sp³-hybridized carbons (Fsp3) is 0.261. The zero-order valence-corrected chi connectivity index (χ0v) is 17.9. The SMILES string of the molecule is Cc1ccc(C)c(NC(=O)N2CCN(c3ccc(-c4ccccc4Cl)nn3)CC2)c1. The summed E-state index contributed by atoms with van der Waals surface area (Å²) in [5, 5.41) is 12.4. The number of halogens is 1. The normalized spacial score (nSPS) is 14.0. The van der Waals surface area contributed by atoms with Crippen LogP contribution in [0.5, 0.6) is 0 Å². The molecule has 0 saturated carbocycles. The number of amides is 2. The monoisotopic (exact) mass is 421 g/mol. The summed E-state index contributed by atoms with van der Waals surface area (Å²) < 4.78 is 0. The van der Waals surface area contributed by atoms with Crippen LogP contribution in [0.4, 0.5) is 16.3 Å². The number of aryl methyl sites for hydroxylation is 2. The molecule has 6 nitrogen and oxygen atoms in total. The van der Waals surface area contributed by atoms with Gasteiger partial charge in [-0.1, -0.05) is 41.9 Å². The van der Waals surface area contributed by atoms with E-state index >= 15 is 0 Å². The molecule has 1 N–H and O–H groups in total. The van der Waals surface area contributed by atoms with Gasteiger partial charge in [-0.15, -0.1) is 10.2 Å². The largest absolute Gasteiger partial charge is 0.352 e. The Bertz CT molecular complexity index is 1050. The highest BCUT2D eigenvalue weighted by molar-refractivity contribution is 6.33. The number of hydrogen-bond donors (Lipinski definition) is 1. The highest BCUT2D eigenvalue weighted by Gasteiger charge is 2.22. The fourth-order valence-corrected chi connectivity index (χ4v) is 3.74. The molecule has 0 atom stereocenters. The van der Waals surface area contributed by atoms with Gasteiger partial charge in [0.15, 0.2) is 5.82 Å². The predicted molar refractivity (Wildman–Crippen MR) is 121 cm³/mol. The average Bonchev–Trinajstić information content (AvgIpc) is 2.77. The molecule has 154 valence electrons. The Morgan fingerprint density at radius 3 is 2.43 bits per heavy atom. The molecule has 0 bridgehead atoms. The van der Waals surface area contributed by atoms with E-state index in [1.807, 2.05) is 73.3 Å². The molecule has 0 radical (unpaired) electrons. The minimum Gasteiger partial charge on any atom is -0.352 e. The van der Waals surface area contributed by atoms with Crippen LogP contribution in [0.2, 0.25) is 5.02 Å². The second kappa shape index (κ2) is 8.71. The van der Waals surface area contributed by atoms with Crippen LogP contribution in [0.25, 0.3) is 11.3 Å². The van der Waals surface area contributed by atoms with E-state index in [2.05, 4.69) is 20.4 Å². The number of anilines is 2. The molecule has 1 aliphatic rings. The van der Waals surface area contributed by atoms with Crippen molar-refractivity contribution < 1.29 is 4.79 Å². The van der Waals surface area contributed by atoms with Gasteiger partial charge in [0.05, 0.1) is 10.7 Å². The van der Waals surface area contributed by atoms with Gasteiger partial charge in [-0.2, -0.15) is 0 Å². The lowest BCUT2D eigenvalue weighted by Crippen LogP contribution is -2.50. The van der Waals surface area contributed by atoms with Crippen molar-refractivity contribution in [1.29, 1.82) is 0 Å². The van der Waals surface area contributed by atoms with Crippen molar-refractivity contribution in [3.63, 3.8) is 0 Å². The van der Waals surface area contributed by atoms with Crippen LogP contribution in [-0.4, -0.2) is 47.3 Å². The second-order valence-corrected chi connectivity index (χ2v) is 7.89. The first kappa shape index (κ1) is 20.2. The van der Waals surface area contributed by atoms with E-state index in [1.165, 1.54) is 0 Å². The van der Waals surface area contributed by atoms with Crippen LogP contribution >= 0.6 is 11.6 Å². The number of rotatable bonds is 3. The molecule has 30 heavy (non-hydrogen) atoms. The maximum Gasteiger partial charge on any atom is 0.321 e. The molecule has 1 aromatic heterocycles. The van der Waals surface area contributed by atoms with Crippen molar-refractivity contribution in [2.24, 2.45) is 0 Å². The third kappa shape index (κ3) is 4.39. The van der Waals surface area contributed by atoms with Crippen molar-refractivity contribution in [3.05, 3.63) is 70.7 Å². The van der Waals surface area contributed by atoms with E-state index in [0.717, 1.165) is 33.9 Å². The summed E-state index contributed by atoms with van der Waals surface area (Å²) in [7, 11) is 0. The highest BCUT2D eigenvalue weighted by Crippen LogP contribution is 2.26. The van der Waals surface area contributed by atoms with Crippen LogP contribution < -0.4 is 10.2 Å². The number of carbonyl (C=O) groups excluding carboxylic acids is 1. The van der Waals surface area contributed by atoms with E-state index in [-0.39, 0.29) is 6.03 Å². The van der Waals surface area contributed by atoms with Crippen LogP contribution in [0.15, 0.2) is 54.6 Å². The number of hydrogen-bond acceptors (Lipinski definition) is 4. The summed E-state index contributed by atoms with van der Waals surface area (Å²) in [6.45, 7) is 6.69. The Morgan fingerprint density at radius 2 is 1.73 bits per heavy atom. The Hall–Kier alpha value is -3.12. The maximum absolute atomic E-state index is 12.7. The van der Waals surface area contributed by atoms with Gasteiger partial charge in [0.2, 0.25) is 0 Å². The van der Waals surface area contributed by atoms with Crippen LogP contribution in [0, 0.1) is 13.8 Å². The molecule has 2 heterocycles. The predicted octanol–water partition coefficient (Wildman–Crippen LogP) is 4.77. The first-order valence-corrected chi connectivity index (χ1v) is 10.4. The van der Waals surface area contributed by atoms with E-state index in [0.29, 0.717) is 31.2 Å². The number of aromatic nitrogens is 2. The summed E-state index contributed by atoms with van der Waals surface area (Å²) in [6.07, 6.45) is 0. The summed E-state index contributed by atoms with van der Waals surface area (Å²) >= 11 is 6.25. The van der Waals surface area contributed by atoms with Crippen molar-refractivity contribution in [3.8, 4) is 11.3 Å². The fourth-order valence-electron chi connectivity index (χ4n) is 3.51. The Kier molecular flexibility index (Phi) is 5.86. The molecule has 2 amide bonds. The van der Waals surface area contributed by atoms with Gasteiger partial charge in [0.25, 0.3) is 0 Å². The molecule has 0 unspecified atom stereocenters. The van der Waals surface area contributed by atoms with Crippen LogP contribution in [0.1, 0.15) is 11.1 Å². The molecular formula is C23H24ClN5O. The Morgan fingerprint density at radius 1 is 0.967 bits per heavy atom. The third-order valence-corrected chi connectivity index (χ3v) is 5.66. The minimum absolute atomic E-state index is 0.0662.